The highest BCUT2D eigenvalue weighted by Crippen LogP contribution is 2.20. The third kappa shape index (κ3) is 7.12. The van der Waals surface area contributed by atoms with Gasteiger partial charge in [-0.2, -0.15) is 0 Å². The standard InChI is InChI=1S/C24H34N2O.ClH/c1-21(2)19-27-20-24(25-15-9-10-16-25)18-26(23-13-7-4-8-14-23)17-22-11-5-3-6-12-22;/h3-8,11-14,21,24H,9-10,15-20H2,1-2H3;1H/p-1. The highest BCUT2D eigenvalue weighted by Gasteiger charge is 2.25. The SMILES string of the molecule is CC(C)COCC(CN(Cc1ccccc1)c1ccccc1)N1CCCC1.[Cl-]. The Balaban J connectivity index is 0.00000280. The van der Waals surface area contributed by atoms with E-state index in [2.05, 4.69) is 84.3 Å². The fourth-order valence-electron chi connectivity index (χ4n) is 3.78. The van der Waals surface area contributed by atoms with Gasteiger partial charge in [-0.1, -0.05) is 62.4 Å². The maximum atomic E-state index is 6.09. The van der Waals surface area contributed by atoms with Crippen LogP contribution in [0, 0.1) is 5.92 Å². The molecule has 0 aromatic heterocycles. The van der Waals surface area contributed by atoms with Crippen molar-refractivity contribution >= 4 is 5.69 Å². The topological polar surface area (TPSA) is 15.7 Å². The average molecular weight is 402 g/mol. The van der Waals surface area contributed by atoms with Crippen LogP contribution in [0.15, 0.2) is 60.7 Å². The Bertz CT molecular complexity index is 644. The summed E-state index contributed by atoms with van der Waals surface area (Å²) in [4.78, 5) is 5.14. The molecule has 4 heteroatoms. The maximum Gasteiger partial charge on any atom is 0.0639 e. The summed E-state index contributed by atoms with van der Waals surface area (Å²) in [5, 5.41) is 0. The molecule has 0 aliphatic carbocycles. The van der Waals surface area contributed by atoms with Crippen molar-refractivity contribution in [2.75, 3.05) is 37.7 Å². The number of benzene rings is 2. The van der Waals surface area contributed by atoms with E-state index in [-0.39, 0.29) is 12.4 Å². The van der Waals surface area contributed by atoms with Gasteiger partial charge in [-0.05, 0) is 49.5 Å². The molecular formula is C24H34ClN2O-. The van der Waals surface area contributed by atoms with E-state index in [4.69, 9.17) is 4.74 Å². The van der Waals surface area contributed by atoms with E-state index in [0.29, 0.717) is 12.0 Å². The van der Waals surface area contributed by atoms with E-state index >= 15 is 0 Å². The first-order valence-electron chi connectivity index (χ1n) is 10.4. The van der Waals surface area contributed by atoms with Gasteiger partial charge in [-0.3, -0.25) is 4.90 Å². The Morgan fingerprint density at radius 3 is 2.11 bits per heavy atom. The first-order chi connectivity index (χ1) is 13.2. The average Bonchev–Trinajstić information content (AvgIpc) is 3.22. The molecule has 0 bridgehead atoms. The van der Waals surface area contributed by atoms with Crippen LogP contribution in [-0.4, -0.2) is 43.8 Å². The number of halogens is 1. The van der Waals surface area contributed by atoms with Crippen LogP contribution in [0.3, 0.4) is 0 Å². The Morgan fingerprint density at radius 1 is 0.893 bits per heavy atom. The van der Waals surface area contributed by atoms with E-state index in [1.54, 1.807) is 0 Å². The lowest BCUT2D eigenvalue weighted by Crippen LogP contribution is -3.00. The second-order valence-electron chi connectivity index (χ2n) is 8.03. The lowest BCUT2D eigenvalue weighted by molar-refractivity contribution is -0.00000602. The molecule has 3 nitrogen and oxygen atoms in total. The van der Waals surface area contributed by atoms with E-state index in [0.717, 1.165) is 26.3 Å². The van der Waals surface area contributed by atoms with Crippen LogP contribution in [0.4, 0.5) is 5.69 Å². The molecule has 2 aromatic rings. The molecular weight excluding hydrogens is 368 g/mol. The second-order valence-corrected chi connectivity index (χ2v) is 8.03. The van der Waals surface area contributed by atoms with Crippen molar-refractivity contribution in [3.05, 3.63) is 66.2 Å². The number of hydrogen-bond acceptors (Lipinski definition) is 3. The van der Waals surface area contributed by atoms with Crippen molar-refractivity contribution in [1.29, 1.82) is 0 Å². The van der Waals surface area contributed by atoms with Crippen LogP contribution in [0.2, 0.25) is 0 Å². The zero-order chi connectivity index (χ0) is 18.9. The van der Waals surface area contributed by atoms with Gasteiger partial charge in [0.05, 0.1) is 12.6 Å². The summed E-state index contributed by atoms with van der Waals surface area (Å²) >= 11 is 0. The molecule has 2 aromatic carbocycles. The molecule has 1 fully saturated rings. The maximum absolute atomic E-state index is 6.09. The molecule has 0 saturated carbocycles. The van der Waals surface area contributed by atoms with Crippen LogP contribution in [0.25, 0.3) is 0 Å². The molecule has 0 N–H and O–H groups in total. The molecule has 1 heterocycles. The van der Waals surface area contributed by atoms with Crippen molar-refractivity contribution in [3.63, 3.8) is 0 Å². The number of hydrogen-bond donors (Lipinski definition) is 0. The summed E-state index contributed by atoms with van der Waals surface area (Å²) < 4.78 is 6.09. The van der Waals surface area contributed by atoms with E-state index < -0.39 is 0 Å². The minimum atomic E-state index is 0. The predicted molar refractivity (Wildman–Crippen MR) is 114 cm³/mol. The number of anilines is 1. The summed E-state index contributed by atoms with van der Waals surface area (Å²) in [6.45, 7) is 10.4. The van der Waals surface area contributed by atoms with Gasteiger partial charge >= 0.3 is 0 Å². The predicted octanol–water partition coefficient (Wildman–Crippen LogP) is 1.83. The normalized spacial score (nSPS) is 15.4. The first-order valence-corrected chi connectivity index (χ1v) is 10.4. The number of para-hydroxylation sites is 1. The Hall–Kier alpha value is -1.55. The fraction of sp³-hybridized carbons (Fsp3) is 0.500. The number of ether oxygens (including phenoxy) is 1. The highest BCUT2D eigenvalue weighted by atomic mass is 35.5. The van der Waals surface area contributed by atoms with Crippen LogP contribution in [0.1, 0.15) is 32.3 Å². The molecule has 0 spiro atoms. The minimum absolute atomic E-state index is 0. The van der Waals surface area contributed by atoms with E-state index in [1.807, 2.05) is 0 Å². The van der Waals surface area contributed by atoms with Gasteiger partial charge in [0.15, 0.2) is 0 Å². The van der Waals surface area contributed by atoms with Crippen molar-refractivity contribution in [3.8, 4) is 0 Å². The Kier molecular flexibility index (Phi) is 9.83. The molecule has 1 aliphatic rings. The van der Waals surface area contributed by atoms with Gasteiger partial charge in [-0.25, -0.2) is 0 Å². The van der Waals surface area contributed by atoms with Crippen LogP contribution in [0.5, 0.6) is 0 Å². The first kappa shape index (κ1) is 22.7. The van der Waals surface area contributed by atoms with Gasteiger partial charge in [0.25, 0.3) is 0 Å². The zero-order valence-electron chi connectivity index (χ0n) is 17.3. The molecule has 0 radical (unpaired) electrons. The lowest BCUT2D eigenvalue weighted by atomic mass is 10.1. The molecule has 1 unspecified atom stereocenters. The number of nitrogens with zero attached hydrogens (tertiary/aromatic N) is 2. The summed E-state index contributed by atoms with van der Waals surface area (Å²) in [5.74, 6) is 0.582. The molecule has 3 rings (SSSR count). The van der Waals surface area contributed by atoms with Gasteiger partial charge in [-0.15, -0.1) is 0 Å². The third-order valence-electron chi connectivity index (χ3n) is 5.19. The molecule has 1 saturated heterocycles. The second kappa shape index (κ2) is 12.1. The molecule has 28 heavy (non-hydrogen) atoms. The number of likely N-dealkylation sites (tertiary alicyclic amines) is 1. The Morgan fingerprint density at radius 2 is 1.50 bits per heavy atom. The van der Waals surface area contributed by atoms with Gasteiger partial charge < -0.3 is 22.0 Å². The molecule has 1 aliphatic heterocycles. The summed E-state index contributed by atoms with van der Waals surface area (Å²) in [5.41, 5.74) is 2.64. The summed E-state index contributed by atoms with van der Waals surface area (Å²) in [6, 6.07) is 22.0. The van der Waals surface area contributed by atoms with Crippen molar-refractivity contribution in [2.45, 2.75) is 39.3 Å². The highest BCUT2D eigenvalue weighted by molar-refractivity contribution is 5.47. The molecule has 0 amide bonds. The third-order valence-corrected chi connectivity index (χ3v) is 5.19. The minimum Gasteiger partial charge on any atom is -1.00 e. The largest absolute Gasteiger partial charge is 1.00 e. The zero-order valence-corrected chi connectivity index (χ0v) is 18.0. The van der Waals surface area contributed by atoms with Crippen LogP contribution >= 0.6 is 0 Å². The molecule has 154 valence electrons. The van der Waals surface area contributed by atoms with Gasteiger partial charge in [0.2, 0.25) is 0 Å². The lowest BCUT2D eigenvalue weighted by Gasteiger charge is -2.34. The Labute approximate surface area is 177 Å². The smallest absolute Gasteiger partial charge is 0.0639 e. The van der Waals surface area contributed by atoms with Crippen LogP contribution in [-0.2, 0) is 11.3 Å². The van der Waals surface area contributed by atoms with E-state index in [9.17, 15) is 0 Å². The monoisotopic (exact) mass is 401 g/mol. The summed E-state index contributed by atoms with van der Waals surface area (Å²) in [6.07, 6.45) is 2.62. The van der Waals surface area contributed by atoms with Gasteiger partial charge in [0, 0.05) is 25.4 Å². The van der Waals surface area contributed by atoms with E-state index in [1.165, 1.54) is 37.2 Å². The number of rotatable bonds is 10. The van der Waals surface area contributed by atoms with Crippen molar-refractivity contribution < 1.29 is 17.1 Å². The van der Waals surface area contributed by atoms with Crippen LogP contribution < -0.4 is 17.3 Å². The van der Waals surface area contributed by atoms with Crippen molar-refractivity contribution in [2.24, 2.45) is 5.92 Å². The molecule has 1 atom stereocenters. The van der Waals surface area contributed by atoms with Crippen molar-refractivity contribution in [1.82, 2.24) is 4.90 Å². The fourth-order valence-corrected chi connectivity index (χ4v) is 3.78. The summed E-state index contributed by atoms with van der Waals surface area (Å²) in [7, 11) is 0. The quantitative estimate of drug-likeness (QED) is 0.604. The van der Waals surface area contributed by atoms with Gasteiger partial charge in [0.1, 0.15) is 0 Å².